The van der Waals surface area contributed by atoms with Crippen LogP contribution in [0.25, 0.3) is 0 Å². The lowest BCUT2D eigenvalue weighted by atomic mass is 10.6. The Morgan fingerprint density at radius 3 is 3.21 bits per heavy atom. The van der Waals surface area contributed by atoms with Gasteiger partial charge < -0.3 is 20.6 Å². The van der Waals surface area contributed by atoms with Crippen LogP contribution in [0.3, 0.4) is 0 Å². The van der Waals surface area contributed by atoms with Crippen LogP contribution in [0.5, 0.6) is 0 Å². The van der Waals surface area contributed by atoms with E-state index in [1.165, 1.54) is 18.5 Å². The molecule has 1 rings (SSSR count). The minimum atomic E-state index is 0.188. The van der Waals surface area contributed by atoms with E-state index in [-0.39, 0.29) is 11.9 Å². The Kier molecular flexibility index (Phi) is 3.69. The molecule has 0 aliphatic rings. The van der Waals surface area contributed by atoms with E-state index >= 15 is 0 Å². The van der Waals surface area contributed by atoms with Gasteiger partial charge in [0.15, 0.2) is 5.76 Å². The van der Waals surface area contributed by atoms with E-state index in [2.05, 4.69) is 9.98 Å². The highest BCUT2D eigenvalue weighted by molar-refractivity contribution is 5.92. The molecule has 0 spiro atoms. The third-order valence-corrected chi connectivity index (χ3v) is 1.32. The first-order chi connectivity index (χ1) is 6.76. The Bertz CT molecular complexity index is 343. The van der Waals surface area contributed by atoms with Crippen molar-refractivity contribution in [3.63, 3.8) is 0 Å². The molecule has 0 unspecified atom stereocenters. The Morgan fingerprint density at radius 1 is 1.79 bits per heavy atom. The Hall–Kier alpha value is -1.82. The fraction of sp³-hybridized carbons (Fsp3) is 0.250. The van der Waals surface area contributed by atoms with E-state index in [4.69, 9.17) is 20.6 Å². The third-order valence-electron chi connectivity index (χ3n) is 1.32. The van der Waals surface area contributed by atoms with Gasteiger partial charge in [0.1, 0.15) is 12.4 Å². The molecule has 6 heteroatoms. The largest absolute Gasteiger partial charge is 0.425 e. The van der Waals surface area contributed by atoms with Crippen LogP contribution in [0.15, 0.2) is 27.9 Å². The van der Waals surface area contributed by atoms with E-state index < -0.39 is 0 Å². The fourth-order valence-corrected chi connectivity index (χ4v) is 0.804. The predicted molar refractivity (Wildman–Crippen MR) is 51.8 cm³/mol. The molecule has 0 saturated carbocycles. The number of hydrogen-bond acceptors (Lipinski definition) is 5. The maximum atomic E-state index is 5.45. The Balaban J connectivity index is 2.72. The Morgan fingerprint density at radius 2 is 2.57 bits per heavy atom. The van der Waals surface area contributed by atoms with Crippen molar-refractivity contribution in [3.8, 4) is 0 Å². The summed E-state index contributed by atoms with van der Waals surface area (Å²) in [7, 11) is 1.57. The summed E-state index contributed by atoms with van der Waals surface area (Å²) in [5.74, 6) is 0.828. The van der Waals surface area contributed by atoms with Crippen LogP contribution in [-0.2, 0) is 11.3 Å². The van der Waals surface area contributed by atoms with Crippen molar-refractivity contribution in [3.05, 3.63) is 24.2 Å². The van der Waals surface area contributed by atoms with Crippen LogP contribution in [0.4, 0.5) is 6.01 Å². The minimum Gasteiger partial charge on any atom is -0.425 e. The van der Waals surface area contributed by atoms with Gasteiger partial charge in [-0.15, -0.1) is 0 Å². The van der Waals surface area contributed by atoms with Crippen molar-refractivity contribution in [2.75, 3.05) is 7.11 Å². The maximum absolute atomic E-state index is 5.45. The summed E-state index contributed by atoms with van der Waals surface area (Å²) in [4.78, 5) is 7.71. The highest BCUT2D eigenvalue weighted by Gasteiger charge is 2.01. The average Bonchev–Trinajstić information content (AvgIpc) is 2.53. The van der Waals surface area contributed by atoms with Crippen molar-refractivity contribution in [2.45, 2.75) is 6.61 Å². The summed E-state index contributed by atoms with van der Waals surface area (Å²) >= 11 is 0. The molecule has 0 saturated heterocycles. The molecular formula is C8H12N4O2. The standard InChI is InChI=1S/C8H12N4O2/c1-13-5-6-4-11-8(14-6)12-7(10)2-3-9/h2-4H,5,9H2,1H3,(H2,10,11,12). The molecule has 0 bridgehead atoms. The van der Waals surface area contributed by atoms with E-state index in [0.29, 0.717) is 12.4 Å². The van der Waals surface area contributed by atoms with E-state index in [9.17, 15) is 0 Å². The first-order valence-corrected chi connectivity index (χ1v) is 3.92. The molecule has 0 atom stereocenters. The van der Waals surface area contributed by atoms with Crippen molar-refractivity contribution in [1.29, 1.82) is 0 Å². The van der Waals surface area contributed by atoms with Gasteiger partial charge in [0.05, 0.1) is 6.20 Å². The van der Waals surface area contributed by atoms with Gasteiger partial charge in [-0.2, -0.15) is 9.98 Å². The molecule has 6 nitrogen and oxygen atoms in total. The molecule has 14 heavy (non-hydrogen) atoms. The van der Waals surface area contributed by atoms with Gasteiger partial charge in [-0.1, -0.05) is 0 Å². The number of nitrogens with two attached hydrogens (primary N) is 2. The lowest BCUT2D eigenvalue weighted by Crippen LogP contribution is -2.07. The molecule has 0 fully saturated rings. The van der Waals surface area contributed by atoms with Crippen LogP contribution >= 0.6 is 0 Å². The predicted octanol–water partition coefficient (Wildman–Crippen LogP) is 0.282. The van der Waals surface area contributed by atoms with Crippen LogP contribution in [0, 0.1) is 0 Å². The zero-order valence-corrected chi connectivity index (χ0v) is 7.80. The van der Waals surface area contributed by atoms with Crippen LogP contribution in [0.1, 0.15) is 5.76 Å². The Labute approximate surface area is 81.3 Å². The number of ether oxygens (including phenoxy) is 1. The molecule has 0 aromatic carbocycles. The third kappa shape index (κ3) is 2.91. The number of aliphatic imine (C=N–C) groups is 1. The number of methoxy groups -OCH3 is 1. The number of nitrogens with zero attached hydrogens (tertiary/aromatic N) is 2. The second-order valence-electron chi connectivity index (χ2n) is 2.44. The summed E-state index contributed by atoms with van der Waals surface area (Å²) in [5, 5.41) is 0. The molecule has 1 aromatic heterocycles. The zero-order valence-electron chi connectivity index (χ0n) is 7.80. The molecule has 0 amide bonds. The molecule has 1 aromatic rings. The van der Waals surface area contributed by atoms with Gasteiger partial charge in [0.25, 0.3) is 0 Å². The van der Waals surface area contributed by atoms with Crippen LogP contribution in [0.2, 0.25) is 0 Å². The van der Waals surface area contributed by atoms with E-state index in [1.807, 2.05) is 0 Å². The van der Waals surface area contributed by atoms with Crippen LogP contribution < -0.4 is 11.5 Å². The SMILES string of the molecule is COCc1cnc(N=C(N)C=CN)o1. The summed E-state index contributed by atoms with van der Waals surface area (Å²) in [5.41, 5.74) is 10.6. The zero-order chi connectivity index (χ0) is 10.4. The van der Waals surface area contributed by atoms with E-state index in [0.717, 1.165) is 0 Å². The summed E-state index contributed by atoms with van der Waals surface area (Å²) in [6.45, 7) is 0.356. The normalized spacial score (nSPS) is 12.5. The van der Waals surface area contributed by atoms with Gasteiger partial charge in [-0.05, 0) is 12.3 Å². The minimum absolute atomic E-state index is 0.188. The van der Waals surface area contributed by atoms with Crippen molar-refractivity contribution < 1.29 is 9.15 Å². The van der Waals surface area contributed by atoms with Gasteiger partial charge in [-0.3, -0.25) is 0 Å². The van der Waals surface area contributed by atoms with Crippen molar-refractivity contribution in [2.24, 2.45) is 16.5 Å². The number of hydrogen-bond donors (Lipinski definition) is 2. The average molecular weight is 196 g/mol. The molecule has 0 aliphatic carbocycles. The molecule has 0 aliphatic heterocycles. The van der Waals surface area contributed by atoms with E-state index in [1.54, 1.807) is 7.11 Å². The van der Waals surface area contributed by atoms with Crippen LogP contribution in [-0.4, -0.2) is 17.9 Å². The molecule has 4 N–H and O–H groups in total. The van der Waals surface area contributed by atoms with Crippen molar-refractivity contribution >= 4 is 11.9 Å². The molecular weight excluding hydrogens is 184 g/mol. The summed E-state index contributed by atoms with van der Waals surface area (Å²) in [6.07, 6.45) is 4.26. The maximum Gasteiger partial charge on any atom is 0.323 e. The molecule has 0 radical (unpaired) electrons. The molecule has 76 valence electrons. The highest BCUT2D eigenvalue weighted by Crippen LogP contribution is 2.12. The first-order valence-electron chi connectivity index (χ1n) is 3.92. The summed E-state index contributed by atoms with van der Waals surface area (Å²) in [6, 6.07) is 0.188. The van der Waals surface area contributed by atoms with Gasteiger partial charge in [0.2, 0.25) is 0 Å². The number of amidine groups is 1. The lowest BCUT2D eigenvalue weighted by Gasteiger charge is -1.90. The fourth-order valence-electron chi connectivity index (χ4n) is 0.804. The first kappa shape index (κ1) is 10.3. The quantitative estimate of drug-likeness (QED) is 0.532. The topological polar surface area (TPSA) is 99.7 Å². The second-order valence-corrected chi connectivity index (χ2v) is 2.44. The highest BCUT2D eigenvalue weighted by atomic mass is 16.5. The molecule has 1 heterocycles. The second kappa shape index (κ2) is 5.03. The van der Waals surface area contributed by atoms with Crippen molar-refractivity contribution in [1.82, 2.24) is 4.98 Å². The van der Waals surface area contributed by atoms with Gasteiger partial charge in [-0.25, -0.2) is 0 Å². The summed E-state index contributed by atoms with van der Waals surface area (Å²) < 4.78 is 10.0. The number of rotatable bonds is 4. The lowest BCUT2D eigenvalue weighted by molar-refractivity contribution is 0.165. The van der Waals surface area contributed by atoms with Gasteiger partial charge >= 0.3 is 6.01 Å². The number of oxazole rings is 1. The monoisotopic (exact) mass is 196 g/mol. The smallest absolute Gasteiger partial charge is 0.323 e. The van der Waals surface area contributed by atoms with Gasteiger partial charge in [0, 0.05) is 7.11 Å². The number of aromatic nitrogens is 1.